The minimum absolute atomic E-state index is 0.548. The van der Waals surface area contributed by atoms with E-state index in [-0.39, 0.29) is 0 Å². The minimum Gasteiger partial charge on any atom is -0.299 e. The van der Waals surface area contributed by atoms with Gasteiger partial charge in [-0.1, -0.05) is 0 Å². The summed E-state index contributed by atoms with van der Waals surface area (Å²) in [6.45, 7) is 0. The molecule has 0 aliphatic carbocycles. The maximum Gasteiger partial charge on any atom is 0.417 e. The van der Waals surface area contributed by atoms with Crippen LogP contribution in [-0.4, -0.2) is 5.78 Å². The molecule has 0 bridgehead atoms. The molecule has 2 aromatic rings. The quantitative estimate of drug-likeness (QED) is 0.313. The van der Waals surface area contributed by atoms with E-state index in [9.17, 15) is 83.8 Å². The molecule has 0 aromatic heterocycles. The Balaban J connectivity index is 2.89. The van der Waals surface area contributed by atoms with Crippen molar-refractivity contribution in [2.24, 2.45) is 0 Å². The minimum atomic E-state index is -6.30. The van der Waals surface area contributed by atoms with Crippen LogP contribution in [0.5, 0.6) is 0 Å². The molecule has 0 aliphatic heterocycles. The van der Waals surface area contributed by atoms with Gasteiger partial charge in [-0.05, 0) is 35.4 Å². The molecule has 0 amide bonds. The summed E-state index contributed by atoms with van der Waals surface area (Å²) in [4.78, 5) is 12.4. The van der Waals surface area contributed by atoms with Crippen molar-refractivity contribution in [3.8, 4) is 0 Å². The molecule has 0 N–H and O–H groups in total. The second-order valence-corrected chi connectivity index (χ2v) is 7.91. The van der Waals surface area contributed by atoms with Gasteiger partial charge in [0.25, 0.3) is 0 Å². The first-order chi connectivity index (χ1) is 17.6. The fourth-order valence-electron chi connectivity index (χ4n) is 3.77. The smallest absolute Gasteiger partial charge is 0.299 e. The molecule has 19 heteroatoms. The molecule has 0 aliphatic rings. The number of rotatable bonds is 4. The van der Waals surface area contributed by atoms with Crippen LogP contribution in [0.25, 0.3) is 0 Å². The molecule has 0 saturated heterocycles. The second-order valence-electron chi connectivity index (χ2n) is 7.91. The van der Waals surface area contributed by atoms with Gasteiger partial charge in [-0.3, -0.25) is 4.79 Å². The Morgan fingerprint density at radius 3 is 0.825 bits per heavy atom. The zero-order valence-corrected chi connectivity index (χ0v) is 18.4. The molecule has 40 heavy (non-hydrogen) atoms. The van der Waals surface area contributed by atoms with Gasteiger partial charge in [-0.15, -0.1) is 0 Å². The maximum atomic E-state index is 13.5. The lowest BCUT2D eigenvalue weighted by Crippen LogP contribution is -2.26. The number of halogens is 18. The molecular formula is C21H8F18O. The molecule has 0 atom stereocenters. The van der Waals surface area contributed by atoms with Gasteiger partial charge < -0.3 is 0 Å². The summed E-state index contributed by atoms with van der Waals surface area (Å²) in [5.74, 6) is -2.43. The normalized spacial score (nSPS) is 14.1. The van der Waals surface area contributed by atoms with E-state index in [1.807, 2.05) is 0 Å². The Morgan fingerprint density at radius 2 is 0.625 bits per heavy atom. The van der Waals surface area contributed by atoms with Gasteiger partial charge in [0, 0.05) is 12.8 Å². The molecule has 2 rings (SSSR count). The Kier molecular flexibility index (Phi) is 8.30. The van der Waals surface area contributed by atoms with Crippen LogP contribution in [0.3, 0.4) is 0 Å². The molecular weight excluding hydrogens is 610 g/mol. The predicted molar refractivity (Wildman–Crippen MR) is 95.3 cm³/mol. The summed E-state index contributed by atoms with van der Waals surface area (Å²) in [6.07, 6.45) is -41.5. The SMILES string of the molecule is O=C(Cc1c(C(F)(F)F)ccc(C(F)(F)F)c1C(F)(F)F)Cc1c(C(F)(F)F)ccc(C(F)(F)F)c1C(F)(F)F. The first kappa shape index (κ1) is 33.1. The third kappa shape index (κ3) is 7.13. The van der Waals surface area contributed by atoms with E-state index in [1.54, 1.807) is 0 Å². The average molecular weight is 618 g/mol. The van der Waals surface area contributed by atoms with Crippen molar-refractivity contribution in [3.05, 3.63) is 68.8 Å². The van der Waals surface area contributed by atoms with Crippen molar-refractivity contribution in [2.45, 2.75) is 49.9 Å². The Morgan fingerprint density at radius 1 is 0.400 bits per heavy atom. The fraction of sp³-hybridized carbons (Fsp3) is 0.381. The summed E-state index contributed by atoms with van der Waals surface area (Å²) in [5, 5.41) is 0. The number of hydrogen-bond acceptors (Lipinski definition) is 1. The zero-order valence-electron chi connectivity index (χ0n) is 18.4. The summed E-state index contributed by atoms with van der Waals surface area (Å²) < 4.78 is 240. The Bertz CT molecular complexity index is 1170. The summed E-state index contributed by atoms with van der Waals surface area (Å²) in [5.41, 5.74) is -21.9. The highest BCUT2D eigenvalue weighted by Crippen LogP contribution is 2.48. The summed E-state index contributed by atoms with van der Waals surface area (Å²) in [6, 6.07) is -2.41. The van der Waals surface area contributed by atoms with Crippen LogP contribution in [0.1, 0.15) is 44.5 Å². The second kappa shape index (κ2) is 10.0. The molecule has 0 heterocycles. The van der Waals surface area contributed by atoms with Crippen molar-refractivity contribution in [1.82, 2.24) is 0 Å². The average Bonchev–Trinajstić information content (AvgIpc) is 2.68. The number of Topliss-reactive ketones (excluding diaryl/α,β-unsaturated/α-hetero) is 1. The van der Waals surface area contributed by atoms with Crippen molar-refractivity contribution >= 4 is 5.78 Å². The molecule has 1 nitrogen and oxygen atoms in total. The number of hydrogen-bond donors (Lipinski definition) is 0. The number of benzene rings is 2. The number of alkyl halides is 18. The number of carbonyl (C=O) groups is 1. The summed E-state index contributed by atoms with van der Waals surface area (Å²) >= 11 is 0. The van der Waals surface area contributed by atoms with Crippen molar-refractivity contribution in [3.63, 3.8) is 0 Å². The van der Waals surface area contributed by atoms with E-state index >= 15 is 0 Å². The summed E-state index contributed by atoms with van der Waals surface area (Å²) in [7, 11) is 0. The standard InChI is InChI=1S/C21H8F18O/c22-16(23,24)10-1-3-12(18(28,29)30)14(20(34,35)36)8(10)5-7(40)6-9-11(17(25,26)27)2-4-13(19(31,32)33)15(9)21(37,38)39/h1-4H,5-6H2. The van der Waals surface area contributed by atoms with Crippen LogP contribution in [0.2, 0.25) is 0 Å². The van der Waals surface area contributed by atoms with Crippen LogP contribution in [0, 0.1) is 0 Å². The monoisotopic (exact) mass is 618 g/mol. The van der Waals surface area contributed by atoms with Gasteiger partial charge in [-0.25, -0.2) is 0 Å². The van der Waals surface area contributed by atoms with E-state index in [4.69, 9.17) is 0 Å². The van der Waals surface area contributed by atoms with Crippen LogP contribution in [0.15, 0.2) is 24.3 Å². The van der Waals surface area contributed by atoms with Crippen LogP contribution in [-0.2, 0) is 54.7 Å². The van der Waals surface area contributed by atoms with Crippen LogP contribution in [0.4, 0.5) is 79.0 Å². The third-order valence-electron chi connectivity index (χ3n) is 5.16. The number of ketones is 1. The Hall–Kier alpha value is -3.15. The maximum absolute atomic E-state index is 13.5. The molecule has 224 valence electrons. The van der Waals surface area contributed by atoms with Gasteiger partial charge in [0.15, 0.2) is 0 Å². The molecule has 0 fully saturated rings. The van der Waals surface area contributed by atoms with Crippen LogP contribution < -0.4 is 0 Å². The van der Waals surface area contributed by atoms with Crippen molar-refractivity contribution in [2.75, 3.05) is 0 Å². The van der Waals surface area contributed by atoms with E-state index in [2.05, 4.69) is 0 Å². The van der Waals surface area contributed by atoms with E-state index < -0.39 is 124 Å². The van der Waals surface area contributed by atoms with Crippen molar-refractivity contribution in [1.29, 1.82) is 0 Å². The number of carbonyl (C=O) groups excluding carboxylic acids is 1. The third-order valence-corrected chi connectivity index (χ3v) is 5.16. The van der Waals surface area contributed by atoms with E-state index in [1.165, 1.54) is 0 Å². The first-order valence-electron chi connectivity index (χ1n) is 9.84. The van der Waals surface area contributed by atoms with Crippen molar-refractivity contribution < 1.29 is 83.8 Å². The predicted octanol–water partition coefficient (Wildman–Crippen LogP) is 9.15. The first-order valence-corrected chi connectivity index (χ1v) is 9.84. The lowest BCUT2D eigenvalue weighted by atomic mass is 9.87. The molecule has 0 spiro atoms. The van der Waals surface area contributed by atoms with Gasteiger partial charge in [0.1, 0.15) is 5.78 Å². The molecule has 2 aromatic carbocycles. The highest BCUT2D eigenvalue weighted by Gasteiger charge is 2.50. The largest absolute Gasteiger partial charge is 0.417 e. The van der Waals surface area contributed by atoms with E-state index in [0.29, 0.717) is 0 Å². The lowest BCUT2D eigenvalue weighted by Gasteiger charge is -2.24. The fourth-order valence-corrected chi connectivity index (χ4v) is 3.77. The van der Waals surface area contributed by atoms with Crippen LogP contribution >= 0.6 is 0 Å². The van der Waals surface area contributed by atoms with Gasteiger partial charge in [0.2, 0.25) is 0 Å². The van der Waals surface area contributed by atoms with Gasteiger partial charge >= 0.3 is 37.1 Å². The highest BCUT2D eigenvalue weighted by atomic mass is 19.4. The van der Waals surface area contributed by atoms with E-state index in [0.717, 1.165) is 0 Å². The Labute approximate surface area is 209 Å². The zero-order chi connectivity index (χ0) is 31.4. The lowest BCUT2D eigenvalue weighted by molar-refractivity contribution is -0.164. The highest BCUT2D eigenvalue weighted by molar-refractivity contribution is 5.85. The van der Waals surface area contributed by atoms with Gasteiger partial charge in [-0.2, -0.15) is 79.0 Å². The molecule has 0 unspecified atom stereocenters. The topological polar surface area (TPSA) is 17.1 Å². The van der Waals surface area contributed by atoms with Gasteiger partial charge in [0.05, 0.1) is 33.4 Å². The molecule has 0 radical (unpaired) electrons. The molecule has 0 saturated carbocycles.